The number of nitriles is 1. The summed E-state index contributed by atoms with van der Waals surface area (Å²) < 4.78 is 5.36. The summed E-state index contributed by atoms with van der Waals surface area (Å²) in [5.74, 6) is 0.293. The second-order valence-corrected chi connectivity index (χ2v) is 4.80. The lowest BCUT2D eigenvalue weighted by Crippen LogP contribution is -2.36. The largest absolute Gasteiger partial charge is 0.482 e. The van der Waals surface area contributed by atoms with E-state index in [2.05, 4.69) is 10.2 Å². The molecule has 5 nitrogen and oxygen atoms in total. The number of carbonyl (C=O) groups excluding carboxylic acids is 1. The number of hydrogen-bond donors (Lipinski definition) is 1. The van der Waals surface area contributed by atoms with E-state index in [4.69, 9.17) is 10.00 Å². The van der Waals surface area contributed by atoms with E-state index < -0.39 is 0 Å². The van der Waals surface area contributed by atoms with E-state index in [0.717, 1.165) is 19.6 Å². The topological polar surface area (TPSA) is 65.4 Å². The van der Waals surface area contributed by atoms with Crippen molar-refractivity contribution in [2.75, 3.05) is 32.8 Å². The Morgan fingerprint density at radius 3 is 2.85 bits per heavy atom. The van der Waals surface area contributed by atoms with Gasteiger partial charge in [0.15, 0.2) is 6.61 Å². The van der Waals surface area contributed by atoms with Crippen molar-refractivity contribution < 1.29 is 9.53 Å². The highest BCUT2D eigenvalue weighted by Gasteiger charge is 2.11. The molecule has 0 saturated carbocycles. The van der Waals surface area contributed by atoms with E-state index in [9.17, 15) is 4.79 Å². The third-order valence-corrected chi connectivity index (χ3v) is 3.32. The maximum atomic E-state index is 11.7. The number of rotatable bonds is 6. The van der Waals surface area contributed by atoms with Gasteiger partial charge in [0, 0.05) is 13.1 Å². The first kappa shape index (κ1) is 14.4. The van der Waals surface area contributed by atoms with Crippen LogP contribution in [-0.4, -0.2) is 43.6 Å². The van der Waals surface area contributed by atoms with Crippen molar-refractivity contribution in [3.63, 3.8) is 0 Å². The van der Waals surface area contributed by atoms with Gasteiger partial charge in [0.05, 0.1) is 5.56 Å². The Morgan fingerprint density at radius 1 is 1.35 bits per heavy atom. The molecule has 0 spiro atoms. The van der Waals surface area contributed by atoms with Gasteiger partial charge in [-0.05, 0) is 38.1 Å². The molecule has 0 aromatic heterocycles. The first-order valence-corrected chi connectivity index (χ1v) is 6.90. The first-order chi connectivity index (χ1) is 9.79. The molecule has 0 radical (unpaired) electrons. The van der Waals surface area contributed by atoms with E-state index in [-0.39, 0.29) is 12.5 Å². The third-order valence-electron chi connectivity index (χ3n) is 3.32. The quantitative estimate of drug-likeness (QED) is 0.844. The van der Waals surface area contributed by atoms with Crippen molar-refractivity contribution in [1.29, 1.82) is 5.26 Å². The molecule has 1 aliphatic heterocycles. The number of benzene rings is 1. The lowest BCUT2D eigenvalue weighted by atomic mass is 10.2. The Balaban J connectivity index is 1.68. The Labute approximate surface area is 119 Å². The Kier molecular flexibility index (Phi) is 5.39. The standard InChI is InChI=1S/C15H19N3O2/c16-11-13-5-1-2-6-14(13)20-12-15(19)17-7-10-18-8-3-4-9-18/h1-2,5-6H,3-4,7-10,12H2,(H,17,19). The van der Waals surface area contributed by atoms with Crippen molar-refractivity contribution in [1.82, 2.24) is 10.2 Å². The van der Waals surface area contributed by atoms with Crippen LogP contribution in [0.4, 0.5) is 0 Å². The number of likely N-dealkylation sites (tertiary alicyclic amines) is 1. The number of ether oxygens (including phenoxy) is 1. The van der Waals surface area contributed by atoms with Gasteiger partial charge in [0.1, 0.15) is 11.8 Å². The summed E-state index contributed by atoms with van der Waals surface area (Å²) in [6, 6.07) is 8.94. The SMILES string of the molecule is N#Cc1ccccc1OCC(=O)NCCN1CCCC1. The molecule has 20 heavy (non-hydrogen) atoms. The van der Waals surface area contributed by atoms with E-state index in [0.29, 0.717) is 17.9 Å². The molecule has 1 saturated heterocycles. The van der Waals surface area contributed by atoms with Crippen LogP contribution < -0.4 is 10.1 Å². The summed E-state index contributed by atoms with van der Waals surface area (Å²) in [4.78, 5) is 14.0. The summed E-state index contributed by atoms with van der Waals surface area (Å²) in [7, 11) is 0. The molecule has 1 heterocycles. The Hall–Kier alpha value is -2.06. The molecule has 1 N–H and O–H groups in total. The molecule has 1 fully saturated rings. The van der Waals surface area contributed by atoms with E-state index in [1.807, 2.05) is 6.07 Å². The van der Waals surface area contributed by atoms with Crippen LogP contribution in [0.15, 0.2) is 24.3 Å². The smallest absolute Gasteiger partial charge is 0.257 e. The van der Waals surface area contributed by atoms with Gasteiger partial charge in [-0.25, -0.2) is 0 Å². The third kappa shape index (κ3) is 4.25. The van der Waals surface area contributed by atoms with E-state index in [1.165, 1.54) is 12.8 Å². The number of nitrogens with zero attached hydrogens (tertiary/aromatic N) is 2. The molecule has 0 atom stereocenters. The first-order valence-electron chi connectivity index (χ1n) is 6.90. The monoisotopic (exact) mass is 273 g/mol. The van der Waals surface area contributed by atoms with Crippen molar-refractivity contribution in [3.05, 3.63) is 29.8 Å². The van der Waals surface area contributed by atoms with E-state index in [1.54, 1.807) is 24.3 Å². The number of para-hydroxylation sites is 1. The fourth-order valence-electron chi connectivity index (χ4n) is 2.24. The molecular weight excluding hydrogens is 254 g/mol. The van der Waals surface area contributed by atoms with Crippen molar-refractivity contribution in [2.24, 2.45) is 0 Å². The summed E-state index contributed by atoms with van der Waals surface area (Å²) in [6.07, 6.45) is 2.50. The van der Waals surface area contributed by atoms with Crippen LogP contribution in [0.3, 0.4) is 0 Å². The van der Waals surface area contributed by atoms with Gasteiger partial charge in [-0.3, -0.25) is 4.79 Å². The van der Waals surface area contributed by atoms with Gasteiger partial charge in [-0.15, -0.1) is 0 Å². The van der Waals surface area contributed by atoms with Gasteiger partial charge >= 0.3 is 0 Å². The van der Waals surface area contributed by atoms with E-state index >= 15 is 0 Å². The number of carbonyl (C=O) groups is 1. The maximum Gasteiger partial charge on any atom is 0.257 e. The fourth-order valence-corrected chi connectivity index (χ4v) is 2.24. The van der Waals surface area contributed by atoms with Crippen LogP contribution in [-0.2, 0) is 4.79 Å². The molecule has 106 valence electrons. The van der Waals surface area contributed by atoms with Crippen LogP contribution in [0.2, 0.25) is 0 Å². The van der Waals surface area contributed by atoms with Crippen molar-refractivity contribution >= 4 is 5.91 Å². The van der Waals surface area contributed by atoms with Crippen LogP contribution in [0, 0.1) is 11.3 Å². The zero-order chi connectivity index (χ0) is 14.2. The number of nitrogens with one attached hydrogen (secondary N) is 1. The minimum Gasteiger partial charge on any atom is -0.482 e. The van der Waals surface area contributed by atoms with Gasteiger partial charge < -0.3 is 15.0 Å². The highest BCUT2D eigenvalue weighted by atomic mass is 16.5. The molecule has 1 aromatic rings. The number of amides is 1. The molecular formula is C15H19N3O2. The molecule has 0 aliphatic carbocycles. The predicted molar refractivity (Wildman–Crippen MR) is 75.3 cm³/mol. The summed E-state index contributed by atoms with van der Waals surface area (Å²) in [6.45, 7) is 3.73. The predicted octanol–water partition coefficient (Wildman–Crippen LogP) is 1.15. The molecule has 0 unspecified atom stereocenters. The minimum atomic E-state index is -0.156. The highest BCUT2D eigenvalue weighted by molar-refractivity contribution is 5.77. The minimum absolute atomic E-state index is 0.0569. The molecule has 2 rings (SSSR count). The number of hydrogen-bond acceptors (Lipinski definition) is 4. The van der Waals surface area contributed by atoms with Crippen LogP contribution in [0.25, 0.3) is 0 Å². The van der Waals surface area contributed by atoms with Crippen LogP contribution in [0.1, 0.15) is 18.4 Å². The molecule has 0 bridgehead atoms. The molecule has 1 amide bonds. The zero-order valence-corrected chi connectivity index (χ0v) is 11.5. The van der Waals surface area contributed by atoms with Crippen molar-refractivity contribution in [3.8, 4) is 11.8 Å². The maximum absolute atomic E-state index is 11.7. The second kappa shape index (κ2) is 7.51. The Morgan fingerprint density at radius 2 is 2.10 bits per heavy atom. The van der Waals surface area contributed by atoms with Gasteiger partial charge in [0.25, 0.3) is 5.91 Å². The second-order valence-electron chi connectivity index (χ2n) is 4.80. The van der Waals surface area contributed by atoms with Crippen LogP contribution >= 0.6 is 0 Å². The molecule has 5 heteroatoms. The summed E-state index contributed by atoms with van der Waals surface area (Å²) in [5, 5.41) is 11.7. The summed E-state index contributed by atoms with van der Waals surface area (Å²) in [5.41, 5.74) is 0.442. The molecule has 1 aliphatic rings. The molecule has 1 aromatic carbocycles. The lowest BCUT2D eigenvalue weighted by Gasteiger charge is -2.14. The van der Waals surface area contributed by atoms with Gasteiger partial charge in [-0.2, -0.15) is 5.26 Å². The average Bonchev–Trinajstić information content (AvgIpc) is 2.98. The van der Waals surface area contributed by atoms with Crippen LogP contribution in [0.5, 0.6) is 5.75 Å². The van der Waals surface area contributed by atoms with Gasteiger partial charge in [0.2, 0.25) is 0 Å². The normalized spacial score (nSPS) is 14.8. The fraction of sp³-hybridized carbons (Fsp3) is 0.467. The Bertz CT molecular complexity index is 490. The highest BCUT2D eigenvalue weighted by Crippen LogP contribution is 2.16. The van der Waals surface area contributed by atoms with Gasteiger partial charge in [-0.1, -0.05) is 12.1 Å². The van der Waals surface area contributed by atoms with Crippen molar-refractivity contribution in [2.45, 2.75) is 12.8 Å². The summed E-state index contributed by atoms with van der Waals surface area (Å²) >= 11 is 0. The zero-order valence-electron chi connectivity index (χ0n) is 11.5. The lowest BCUT2D eigenvalue weighted by molar-refractivity contribution is -0.123. The average molecular weight is 273 g/mol.